The maximum absolute atomic E-state index is 13.2. The Bertz CT molecular complexity index is 1210. The Morgan fingerprint density at radius 3 is 2.50 bits per heavy atom. The molecule has 5 rings (SSSR count). The number of amides is 1. The van der Waals surface area contributed by atoms with Crippen LogP contribution in [-0.4, -0.2) is 67.8 Å². The normalized spacial score (nSPS) is 15.4. The summed E-state index contributed by atoms with van der Waals surface area (Å²) in [5.74, 6) is 3.43. The number of anilines is 1. The zero-order valence-corrected chi connectivity index (χ0v) is 20.9. The molecule has 3 heterocycles. The molecule has 36 heavy (non-hydrogen) atoms. The number of carbonyl (C=O) groups excluding carboxylic acids is 1. The second kappa shape index (κ2) is 11.0. The summed E-state index contributed by atoms with van der Waals surface area (Å²) in [6.07, 6.45) is 1.66. The third-order valence-corrected chi connectivity index (χ3v) is 6.80. The molecular formula is C28H32N4O4. The van der Waals surface area contributed by atoms with E-state index in [2.05, 4.69) is 11.0 Å². The average Bonchev–Trinajstić information content (AvgIpc) is 2.93. The van der Waals surface area contributed by atoms with Crippen molar-refractivity contribution in [2.24, 2.45) is 0 Å². The van der Waals surface area contributed by atoms with Gasteiger partial charge in [0.05, 0.1) is 46.1 Å². The van der Waals surface area contributed by atoms with Crippen LogP contribution in [0.4, 0.5) is 5.82 Å². The summed E-state index contributed by atoms with van der Waals surface area (Å²) >= 11 is 0. The first-order valence-corrected chi connectivity index (χ1v) is 12.4. The van der Waals surface area contributed by atoms with Gasteiger partial charge in [-0.25, -0.2) is 9.97 Å². The highest BCUT2D eigenvalue weighted by Gasteiger charge is 2.28. The molecule has 2 aromatic carbocycles. The number of ether oxygens (including phenoxy) is 3. The van der Waals surface area contributed by atoms with E-state index < -0.39 is 0 Å². The zero-order valence-electron chi connectivity index (χ0n) is 20.9. The number of hydrogen-bond donors (Lipinski definition) is 0. The second-order valence-electron chi connectivity index (χ2n) is 9.07. The molecular weight excluding hydrogens is 456 g/mol. The number of para-hydroxylation sites is 1. The minimum Gasteiger partial charge on any atom is -0.497 e. The van der Waals surface area contributed by atoms with Gasteiger partial charge in [-0.3, -0.25) is 4.79 Å². The van der Waals surface area contributed by atoms with Crippen molar-refractivity contribution in [1.82, 2.24) is 14.9 Å². The van der Waals surface area contributed by atoms with Crippen molar-refractivity contribution in [2.45, 2.75) is 25.8 Å². The molecule has 0 saturated carbocycles. The molecule has 0 N–H and O–H groups in total. The maximum Gasteiger partial charge on any atom is 0.227 e. The molecule has 0 spiro atoms. The van der Waals surface area contributed by atoms with Gasteiger partial charge in [-0.1, -0.05) is 30.3 Å². The van der Waals surface area contributed by atoms with E-state index in [0.29, 0.717) is 45.6 Å². The number of benzene rings is 2. The Kier molecular flexibility index (Phi) is 7.32. The number of hydrogen-bond acceptors (Lipinski definition) is 7. The minimum atomic E-state index is 0.108. The van der Waals surface area contributed by atoms with Gasteiger partial charge in [0.2, 0.25) is 5.91 Å². The highest BCUT2D eigenvalue weighted by molar-refractivity contribution is 5.79. The first-order chi connectivity index (χ1) is 17.6. The third-order valence-electron chi connectivity index (χ3n) is 6.80. The highest BCUT2D eigenvalue weighted by Crippen LogP contribution is 2.29. The van der Waals surface area contributed by atoms with E-state index in [9.17, 15) is 4.79 Å². The van der Waals surface area contributed by atoms with Gasteiger partial charge in [0, 0.05) is 43.6 Å². The summed E-state index contributed by atoms with van der Waals surface area (Å²) in [6, 6.07) is 15.7. The van der Waals surface area contributed by atoms with Crippen LogP contribution in [0.2, 0.25) is 0 Å². The van der Waals surface area contributed by atoms with E-state index in [1.54, 1.807) is 14.2 Å². The summed E-state index contributed by atoms with van der Waals surface area (Å²) in [5, 5.41) is 0. The molecule has 1 amide bonds. The van der Waals surface area contributed by atoms with Crippen LogP contribution >= 0.6 is 0 Å². The van der Waals surface area contributed by atoms with Gasteiger partial charge in [-0.05, 0) is 23.8 Å². The molecule has 0 atom stereocenters. The molecule has 188 valence electrons. The number of aromatic nitrogens is 2. The number of methoxy groups -OCH3 is 2. The molecule has 8 nitrogen and oxygen atoms in total. The van der Waals surface area contributed by atoms with Gasteiger partial charge in [0.1, 0.15) is 23.1 Å². The quantitative estimate of drug-likeness (QED) is 0.506. The lowest BCUT2D eigenvalue weighted by Crippen LogP contribution is -2.41. The van der Waals surface area contributed by atoms with Crippen LogP contribution in [0, 0.1) is 0 Å². The Hall–Kier alpha value is -3.65. The van der Waals surface area contributed by atoms with Crippen LogP contribution in [0.1, 0.15) is 28.2 Å². The smallest absolute Gasteiger partial charge is 0.227 e. The molecule has 2 aliphatic rings. The standard InChI is InChI=1S/C28H32N4O4/c1-34-22-9-7-20(8-10-22)17-27(33)32-12-11-24-23(19-32)28(31-13-15-36-16-14-31)30-26(29-24)18-21-5-3-4-6-25(21)35-2/h3-10H,11-19H2,1-2H3. The molecule has 0 bridgehead atoms. The van der Waals surface area contributed by atoms with Gasteiger partial charge in [-0.15, -0.1) is 0 Å². The Morgan fingerprint density at radius 2 is 1.75 bits per heavy atom. The molecule has 0 radical (unpaired) electrons. The lowest BCUT2D eigenvalue weighted by atomic mass is 10.0. The molecule has 0 unspecified atom stereocenters. The first-order valence-electron chi connectivity index (χ1n) is 12.4. The number of nitrogens with zero attached hydrogens (tertiary/aromatic N) is 4. The van der Waals surface area contributed by atoms with E-state index in [4.69, 9.17) is 24.2 Å². The van der Waals surface area contributed by atoms with Crippen molar-refractivity contribution in [2.75, 3.05) is 52.0 Å². The van der Waals surface area contributed by atoms with Crippen molar-refractivity contribution < 1.29 is 19.0 Å². The van der Waals surface area contributed by atoms with E-state index in [1.165, 1.54) is 0 Å². The van der Waals surface area contributed by atoms with Gasteiger partial charge in [0.25, 0.3) is 0 Å². The lowest BCUT2D eigenvalue weighted by Gasteiger charge is -2.34. The maximum atomic E-state index is 13.2. The molecule has 8 heteroatoms. The van der Waals surface area contributed by atoms with Crippen molar-refractivity contribution in [3.05, 3.63) is 76.7 Å². The number of carbonyl (C=O) groups is 1. The molecule has 1 aromatic heterocycles. The van der Waals surface area contributed by atoms with E-state index in [0.717, 1.165) is 58.6 Å². The van der Waals surface area contributed by atoms with Crippen LogP contribution in [0.25, 0.3) is 0 Å². The van der Waals surface area contributed by atoms with Crippen LogP contribution < -0.4 is 14.4 Å². The average molecular weight is 489 g/mol. The highest BCUT2D eigenvalue weighted by atomic mass is 16.5. The summed E-state index contributed by atoms with van der Waals surface area (Å²) in [4.78, 5) is 27.4. The molecule has 2 aliphatic heterocycles. The summed E-state index contributed by atoms with van der Waals surface area (Å²) in [6.45, 7) is 4.05. The van der Waals surface area contributed by atoms with Crippen LogP contribution in [0.15, 0.2) is 48.5 Å². The van der Waals surface area contributed by atoms with Gasteiger partial charge >= 0.3 is 0 Å². The third kappa shape index (κ3) is 5.28. The predicted octanol–water partition coefficient (Wildman–Crippen LogP) is 3.05. The van der Waals surface area contributed by atoms with Gasteiger partial charge < -0.3 is 24.0 Å². The van der Waals surface area contributed by atoms with Crippen molar-refractivity contribution in [3.8, 4) is 11.5 Å². The SMILES string of the molecule is COc1ccc(CC(=O)N2CCc3nc(Cc4ccccc4OC)nc(N4CCOCC4)c3C2)cc1. The van der Waals surface area contributed by atoms with E-state index >= 15 is 0 Å². The van der Waals surface area contributed by atoms with Gasteiger partial charge in [0.15, 0.2) is 0 Å². The zero-order chi connectivity index (χ0) is 24.9. The summed E-state index contributed by atoms with van der Waals surface area (Å²) in [7, 11) is 3.32. The fourth-order valence-electron chi connectivity index (χ4n) is 4.82. The first kappa shape index (κ1) is 24.1. The lowest BCUT2D eigenvalue weighted by molar-refractivity contribution is -0.131. The predicted molar refractivity (Wildman–Crippen MR) is 137 cm³/mol. The Morgan fingerprint density at radius 1 is 0.972 bits per heavy atom. The monoisotopic (exact) mass is 488 g/mol. The number of rotatable bonds is 7. The summed E-state index contributed by atoms with van der Waals surface area (Å²) in [5.41, 5.74) is 4.11. The number of fused-ring (bicyclic) bond motifs is 1. The fourth-order valence-corrected chi connectivity index (χ4v) is 4.82. The van der Waals surface area contributed by atoms with Crippen molar-refractivity contribution in [3.63, 3.8) is 0 Å². The second-order valence-corrected chi connectivity index (χ2v) is 9.07. The molecule has 3 aromatic rings. The largest absolute Gasteiger partial charge is 0.497 e. The molecule has 1 saturated heterocycles. The van der Waals surface area contributed by atoms with Gasteiger partial charge in [-0.2, -0.15) is 0 Å². The topological polar surface area (TPSA) is 77.0 Å². The van der Waals surface area contributed by atoms with Crippen LogP contribution in [0.5, 0.6) is 11.5 Å². The molecule has 1 fully saturated rings. The van der Waals surface area contributed by atoms with E-state index in [-0.39, 0.29) is 5.91 Å². The van der Waals surface area contributed by atoms with Crippen LogP contribution in [-0.2, 0) is 35.3 Å². The van der Waals surface area contributed by atoms with E-state index in [1.807, 2.05) is 47.4 Å². The van der Waals surface area contributed by atoms with Crippen molar-refractivity contribution >= 4 is 11.7 Å². The van der Waals surface area contributed by atoms with Crippen molar-refractivity contribution in [1.29, 1.82) is 0 Å². The molecule has 0 aliphatic carbocycles. The summed E-state index contributed by atoms with van der Waals surface area (Å²) < 4.78 is 16.4. The fraction of sp³-hybridized carbons (Fsp3) is 0.393. The number of morpholine rings is 1. The Labute approximate surface area is 211 Å². The van der Waals surface area contributed by atoms with Crippen LogP contribution in [0.3, 0.4) is 0 Å². The Balaban J connectivity index is 1.40. The minimum absolute atomic E-state index is 0.108.